The summed E-state index contributed by atoms with van der Waals surface area (Å²) in [6.45, 7) is 4.65. The third-order valence-electron chi connectivity index (χ3n) is 6.92. The largest absolute Gasteiger partial charge is 0.472 e. The van der Waals surface area contributed by atoms with Crippen molar-refractivity contribution in [2.24, 2.45) is 0 Å². The van der Waals surface area contributed by atoms with Crippen LogP contribution in [0.4, 0.5) is 0 Å². The molecule has 0 aliphatic rings. The number of quaternary nitrogens is 1. The lowest BCUT2D eigenvalue weighted by Gasteiger charge is -2.25. The number of allylic oxidation sites excluding steroid dienone is 3. The van der Waals surface area contributed by atoms with E-state index in [2.05, 4.69) is 31.3 Å². The molecular weight excluding hydrogens is 539 g/mol. The number of aliphatic hydroxyl groups is 1. The first-order valence-corrected chi connectivity index (χ1v) is 17.7. The van der Waals surface area contributed by atoms with Crippen molar-refractivity contribution >= 4 is 13.7 Å². The number of rotatable bonds is 28. The fraction of sp³-hybridized carbons (Fsp3) is 0.844. The van der Waals surface area contributed by atoms with Crippen LogP contribution in [0.3, 0.4) is 0 Å². The van der Waals surface area contributed by atoms with Crippen LogP contribution in [0.15, 0.2) is 24.3 Å². The van der Waals surface area contributed by atoms with Crippen molar-refractivity contribution < 1.29 is 32.9 Å². The summed E-state index contributed by atoms with van der Waals surface area (Å²) >= 11 is 0. The third-order valence-corrected chi connectivity index (χ3v) is 7.91. The van der Waals surface area contributed by atoms with Gasteiger partial charge in [0.25, 0.3) is 0 Å². The zero-order chi connectivity index (χ0) is 30.8. The van der Waals surface area contributed by atoms with Gasteiger partial charge in [0.2, 0.25) is 5.91 Å². The lowest BCUT2D eigenvalue weighted by Crippen LogP contribution is -2.45. The Balaban J connectivity index is 4.61. The van der Waals surface area contributed by atoms with Gasteiger partial charge in [-0.15, -0.1) is 0 Å². The highest BCUT2D eigenvalue weighted by molar-refractivity contribution is 7.47. The second-order valence-corrected chi connectivity index (χ2v) is 13.6. The van der Waals surface area contributed by atoms with E-state index in [0.29, 0.717) is 17.4 Å². The molecule has 0 radical (unpaired) electrons. The highest BCUT2D eigenvalue weighted by Gasteiger charge is 2.27. The SMILES string of the molecule is CCCCCCCCCC/C=C/CC/C=C/C(O)C(COP(=O)(O)OCC[N+](C)(C)C)NC(=O)CCCCCCC. The maximum Gasteiger partial charge on any atom is 0.472 e. The number of aliphatic hydroxyl groups excluding tert-OH is 1. The van der Waals surface area contributed by atoms with Gasteiger partial charge in [-0.05, 0) is 32.1 Å². The van der Waals surface area contributed by atoms with Gasteiger partial charge in [-0.1, -0.05) is 109 Å². The Hall–Kier alpha value is -1.02. The van der Waals surface area contributed by atoms with Gasteiger partial charge < -0.3 is 19.8 Å². The van der Waals surface area contributed by atoms with E-state index in [0.717, 1.165) is 51.4 Å². The minimum Gasteiger partial charge on any atom is -0.387 e. The molecule has 0 heterocycles. The number of carbonyl (C=O) groups is 1. The molecule has 1 amide bonds. The molecule has 0 aliphatic carbocycles. The smallest absolute Gasteiger partial charge is 0.387 e. The van der Waals surface area contributed by atoms with Gasteiger partial charge in [-0.25, -0.2) is 4.57 Å². The molecule has 0 spiro atoms. The Morgan fingerprint density at radius 1 is 0.805 bits per heavy atom. The highest BCUT2D eigenvalue weighted by Crippen LogP contribution is 2.43. The first kappa shape index (κ1) is 40.0. The Morgan fingerprint density at radius 2 is 1.34 bits per heavy atom. The molecule has 0 aliphatic heterocycles. The summed E-state index contributed by atoms with van der Waals surface area (Å²) in [5.41, 5.74) is 0. The molecule has 3 unspecified atom stereocenters. The fourth-order valence-corrected chi connectivity index (χ4v) is 4.97. The van der Waals surface area contributed by atoms with E-state index >= 15 is 0 Å². The molecule has 0 fully saturated rings. The minimum absolute atomic E-state index is 0.0566. The van der Waals surface area contributed by atoms with Crippen molar-refractivity contribution in [3.8, 4) is 0 Å². The molecule has 0 saturated heterocycles. The van der Waals surface area contributed by atoms with E-state index in [1.165, 1.54) is 51.4 Å². The maximum absolute atomic E-state index is 12.5. The summed E-state index contributed by atoms with van der Waals surface area (Å²) in [4.78, 5) is 22.6. The number of unbranched alkanes of at least 4 members (excludes halogenated alkanes) is 13. The number of amides is 1. The zero-order valence-corrected chi connectivity index (χ0v) is 27.9. The molecule has 8 nitrogen and oxygen atoms in total. The number of hydrogen-bond acceptors (Lipinski definition) is 5. The Labute approximate surface area is 252 Å². The molecule has 0 aromatic heterocycles. The lowest BCUT2D eigenvalue weighted by molar-refractivity contribution is -0.870. The molecule has 0 aromatic rings. The predicted octanol–water partition coefficient (Wildman–Crippen LogP) is 7.46. The van der Waals surface area contributed by atoms with Crippen molar-refractivity contribution in [3.05, 3.63) is 24.3 Å². The molecule has 0 saturated carbocycles. The molecule has 0 aromatic carbocycles. The van der Waals surface area contributed by atoms with E-state index in [-0.39, 0.29) is 19.1 Å². The number of hydrogen-bond donors (Lipinski definition) is 3. The quantitative estimate of drug-likeness (QED) is 0.0371. The van der Waals surface area contributed by atoms with Crippen molar-refractivity contribution in [2.75, 3.05) is 40.9 Å². The summed E-state index contributed by atoms with van der Waals surface area (Å²) in [6, 6.07) is -0.852. The van der Waals surface area contributed by atoms with Crippen molar-refractivity contribution in [3.63, 3.8) is 0 Å². The molecule has 0 rings (SSSR count). The molecule has 9 heteroatoms. The van der Waals surface area contributed by atoms with E-state index < -0.39 is 20.0 Å². The van der Waals surface area contributed by atoms with E-state index in [1.807, 2.05) is 27.2 Å². The standard InChI is InChI=1S/C32H63N2O6P/c1-6-8-10-12-13-14-15-16-17-18-19-20-22-23-25-31(35)30(33-32(36)26-24-21-11-9-7-2)29-40-41(37,38)39-28-27-34(3,4)5/h18-19,23,25,30-31,35H,6-17,20-22,24,26-29H2,1-5H3,(H-,33,36,37,38)/p+1/b19-18+,25-23+. The second-order valence-electron chi connectivity index (χ2n) is 12.2. The topological polar surface area (TPSA) is 105 Å². The van der Waals surface area contributed by atoms with E-state index in [1.54, 1.807) is 6.08 Å². The molecule has 0 bridgehead atoms. The van der Waals surface area contributed by atoms with Gasteiger partial charge in [0, 0.05) is 6.42 Å². The summed E-state index contributed by atoms with van der Waals surface area (Å²) in [7, 11) is 1.55. The van der Waals surface area contributed by atoms with Crippen LogP contribution in [-0.2, 0) is 18.4 Å². The molecule has 3 atom stereocenters. The number of nitrogens with one attached hydrogen (secondary N) is 1. The van der Waals surface area contributed by atoms with Crippen LogP contribution in [-0.4, -0.2) is 73.4 Å². The molecule has 3 N–H and O–H groups in total. The minimum atomic E-state index is -4.32. The van der Waals surface area contributed by atoms with Crippen molar-refractivity contribution in [1.29, 1.82) is 0 Å². The zero-order valence-electron chi connectivity index (χ0n) is 27.0. The van der Waals surface area contributed by atoms with Crippen LogP contribution in [0, 0.1) is 0 Å². The Kier molecular flexibility index (Phi) is 24.8. The monoisotopic (exact) mass is 603 g/mol. The number of phosphoric acid groups is 1. The number of carbonyl (C=O) groups excluding carboxylic acids is 1. The Bertz CT molecular complexity index is 738. The summed E-state index contributed by atoms with van der Waals surface area (Å²) in [6.07, 6.45) is 25.6. The first-order valence-electron chi connectivity index (χ1n) is 16.2. The van der Waals surface area contributed by atoms with Crippen molar-refractivity contribution in [1.82, 2.24) is 5.32 Å². The second kappa shape index (κ2) is 25.5. The molecular formula is C32H64N2O6P+. The van der Waals surface area contributed by atoms with Crippen LogP contribution in [0.25, 0.3) is 0 Å². The van der Waals surface area contributed by atoms with Crippen LogP contribution >= 0.6 is 7.82 Å². The average molecular weight is 604 g/mol. The first-order chi connectivity index (χ1) is 19.5. The fourth-order valence-electron chi connectivity index (χ4n) is 4.23. The Morgan fingerprint density at radius 3 is 1.95 bits per heavy atom. The van der Waals surface area contributed by atoms with Gasteiger partial charge in [0.15, 0.2) is 0 Å². The highest BCUT2D eigenvalue weighted by atomic mass is 31.2. The average Bonchev–Trinajstić information content (AvgIpc) is 2.90. The van der Waals surface area contributed by atoms with Gasteiger partial charge in [0.05, 0.1) is 39.9 Å². The van der Waals surface area contributed by atoms with E-state index in [4.69, 9.17) is 9.05 Å². The van der Waals surface area contributed by atoms with Gasteiger partial charge in [-0.2, -0.15) is 0 Å². The van der Waals surface area contributed by atoms with Crippen LogP contribution < -0.4 is 5.32 Å². The third kappa shape index (κ3) is 27.6. The van der Waals surface area contributed by atoms with Crippen LogP contribution in [0.5, 0.6) is 0 Å². The normalized spacial score (nSPS) is 15.4. The molecule has 242 valence electrons. The number of nitrogens with zero attached hydrogens (tertiary/aromatic N) is 1. The van der Waals surface area contributed by atoms with E-state index in [9.17, 15) is 19.4 Å². The van der Waals surface area contributed by atoms with Crippen molar-refractivity contribution in [2.45, 2.75) is 135 Å². The maximum atomic E-state index is 12.5. The summed E-state index contributed by atoms with van der Waals surface area (Å²) in [5.74, 6) is -0.204. The number of phosphoric ester groups is 1. The molecule has 41 heavy (non-hydrogen) atoms. The van der Waals surface area contributed by atoms with Crippen LogP contribution in [0.2, 0.25) is 0 Å². The number of likely N-dealkylation sites (N-methyl/N-ethyl adjacent to an activating group) is 1. The summed E-state index contributed by atoms with van der Waals surface area (Å²) < 4.78 is 23.2. The summed E-state index contributed by atoms with van der Waals surface area (Å²) in [5, 5.41) is 13.5. The lowest BCUT2D eigenvalue weighted by atomic mass is 10.1. The van der Waals surface area contributed by atoms with Crippen LogP contribution in [0.1, 0.15) is 123 Å². The predicted molar refractivity (Wildman–Crippen MR) is 171 cm³/mol. The van der Waals surface area contributed by atoms with Gasteiger partial charge in [-0.3, -0.25) is 13.8 Å². The van der Waals surface area contributed by atoms with Gasteiger partial charge in [0.1, 0.15) is 13.2 Å². The van der Waals surface area contributed by atoms with Gasteiger partial charge >= 0.3 is 7.82 Å².